The van der Waals surface area contributed by atoms with Crippen LogP contribution in [0.5, 0.6) is 0 Å². The zero-order valence-corrected chi connectivity index (χ0v) is 10.1. The summed E-state index contributed by atoms with van der Waals surface area (Å²) in [5, 5.41) is 3.07. The quantitative estimate of drug-likeness (QED) is 0.820. The number of hydrogen-bond donors (Lipinski definition) is 2. The van der Waals surface area contributed by atoms with Gasteiger partial charge >= 0.3 is 0 Å². The lowest BCUT2D eigenvalue weighted by atomic mass is 9.83. The van der Waals surface area contributed by atoms with Crippen LogP contribution >= 0.6 is 0 Å². The van der Waals surface area contributed by atoms with Crippen molar-refractivity contribution in [3.63, 3.8) is 0 Å². The van der Waals surface area contributed by atoms with Crippen LogP contribution in [0.1, 0.15) is 49.4 Å². The summed E-state index contributed by atoms with van der Waals surface area (Å²) in [6.45, 7) is 2.09. The lowest BCUT2D eigenvalue weighted by Gasteiger charge is -2.34. The Morgan fingerprint density at radius 1 is 1.29 bits per heavy atom. The van der Waals surface area contributed by atoms with E-state index in [0.717, 1.165) is 12.8 Å². The van der Waals surface area contributed by atoms with E-state index in [0.29, 0.717) is 5.56 Å². The van der Waals surface area contributed by atoms with Crippen molar-refractivity contribution in [2.45, 2.75) is 44.6 Å². The second-order valence-corrected chi connectivity index (χ2v) is 5.02. The van der Waals surface area contributed by atoms with Gasteiger partial charge in [0.15, 0.2) is 0 Å². The Balaban J connectivity index is 2.05. The fourth-order valence-corrected chi connectivity index (χ4v) is 2.36. The van der Waals surface area contributed by atoms with E-state index in [-0.39, 0.29) is 17.0 Å². The third-order valence-electron chi connectivity index (χ3n) is 3.42. The number of aromatic nitrogens is 1. The van der Waals surface area contributed by atoms with Crippen molar-refractivity contribution in [2.75, 3.05) is 0 Å². The Labute approximate surface area is 100 Å². The fraction of sp³-hybridized carbons (Fsp3) is 0.538. The number of carbonyl (C=O) groups is 1. The monoisotopic (exact) mass is 234 g/mol. The molecular formula is C13H18N2O2. The first-order valence-corrected chi connectivity index (χ1v) is 6.10. The van der Waals surface area contributed by atoms with Crippen LogP contribution in [-0.2, 0) is 0 Å². The normalized spacial score (nSPS) is 18.6. The van der Waals surface area contributed by atoms with Gasteiger partial charge in [0.2, 0.25) is 5.56 Å². The molecule has 0 radical (unpaired) electrons. The first kappa shape index (κ1) is 11.9. The highest BCUT2D eigenvalue weighted by atomic mass is 16.2. The molecule has 4 heteroatoms. The van der Waals surface area contributed by atoms with Gasteiger partial charge in [-0.15, -0.1) is 0 Å². The molecule has 0 atom stereocenters. The molecule has 0 bridgehead atoms. The molecule has 1 amide bonds. The van der Waals surface area contributed by atoms with Gasteiger partial charge in [0.1, 0.15) is 0 Å². The molecular weight excluding hydrogens is 216 g/mol. The molecule has 1 aromatic rings. The molecule has 0 unspecified atom stereocenters. The highest BCUT2D eigenvalue weighted by Gasteiger charge is 2.28. The van der Waals surface area contributed by atoms with E-state index < -0.39 is 0 Å². The maximum Gasteiger partial charge on any atom is 0.253 e. The molecule has 0 saturated heterocycles. The van der Waals surface area contributed by atoms with Crippen molar-refractivity contribution in [3.8, 4) is 0 Å². The zero-order chi connectivity index (χ0) is 12.3. The Morgan fingerprint density at radius 2 is 2.00 bits per heavy atom. The third kappa shape index (κ3) is 2.96. The maximum absolute atomic E-state index is 12.0. The van der Waals surface area contributed by atoms with Crippen LogP contribution in [0.2, 0.25) is 0 Å². The zero-order valence-electron chi connectivity index (χ0n) is 10.1. The molecule has 1 aliphatic carbocycles. The summed E-state index contributed by atoms with van der Waals surface area (Å²) in [6, 6.07) is 2.93. The smallest absolute Gasteiger partial charge is 0.253 e. The van der Waals surface area contributed by atoms with Crippen LogP contribution in [0.15, 0.2) is 23.1 Å². The molecule has 2 N–H and O–H groups in total. The first-order chi connectivity index (χ1) is 8.09. The van der Waals surface area contributed by atoms with Gasteiger partial charge in [-0.25, -0.2) is 0 Å². The Hall–Kier alpha value is -1.58. The number of aromatic amines is 1. The van der Waals surface area contributed by atoms with Crippen LogP contribution in [0.25, 0.3) is 0 Å². The summed E-state index contributed by atoms with van der Waals surface area (Å²) in [4.78, 5) is 25.4. The van der Waals surface area contributed by atoms with Gasteiger partial charge in [-0.1, -0.05) is 19.3 Å². The lowest BCUT2D eigenvalue weighted by molar-refractivity contribution is 0.0882. The second kappa shape index (κ2) is 4.73. The highest BCUT2D eigenvalue weighted by molar-refractivity contribution is 5.94. The average molecular weight is 234 g/mol. The topological polar surface area (TPSA) is 62.0 Å². The molecule has 0 spiro atoms. The number of hydrogen-bond acceptors (Lipinski definition) is 2. The Morgan fingerprint density at radius 3 is 2.59 bits per heavy atom. The molecule has 4 nitrogen and oxygen atoms in total. The number of carbonyl (C=O) groups excluding carboxylic acids is 1. The minimum absolute atomic E-state index is 0.0918. The summed E-state index contributed by atoms with van der Waals surface area (Å²) in [7, 11) is 0. The van der Waals surface area contributed by atoms with Crippen LogP contribution in [-0.4, -0.2) is 16.4 Å². The van der Waals surface area contributed by atoms with E-state index in [2.05, 4.69) is 17.2 Å². The fourth-order valence-electron chi connectivity index (χ4n) is 2.36. The molecule has 17 heavy (non-hydrogen) atoms. The average Bonchev–Trinajstić information content (AvgIpc) is 2.30. The van der Waals surface area contributed by atoms with Crippen LogP contribution in [0, 0.1) is 0 Å². The lowest BCUT2D eigenvalue weighted by Crippen LogP contribution is -2.47. The molecule has 1 fully saturated rings. The highest BCUT2D eigenvalue weighted by Crippen LogP contribution is 2.27. The Kier molecular flexibility index (Phi) is 3.31. The maximum atomic E-state index is 12.0. The van der Waals surface area contributed by atoms with Gasteiger partial charge in [0.05, 0.1) is 5.56 Å². The van der Waals surface area contributed by atoms with E-state index >= 15 is 0 Å². The van der Waals surface area contributed by atoms with E-state index in [4.69, 9.17) is 0 Å². The molecule has 1 saturated carbocycles. The van der Waals surface area contributed by atoms with Crippen molar-refractivity contribution in [3.05, 3.63) is 34.2 Å². The molecule has 1 aliphatic rings. The molecule has 92 valence electrons. The predicted octanol–water partition coefficient (Wildman–Crippen LogP) is 1.83. The van der Waals surface area contributed by atoms with Gasteiger partial charge < -0.3 is 10.3 Å². The van der Waals surface area contributed by atoms with Crippen molar-refractivity contribution in [1.82, 2.24) is 10.3 Å². The van der Waals surface area contributed by atoms with Crippen molar-refractivity contribution in [2.24, 2.45) is 0 Å². The standard InChI is InChI=1S/C13H18N2O2/c1-13(7-3-2-4-8-13)15-12(17)10-5-6-11(16)14-9-10/h5-6,9H,2-4,7-8H2,1H3,(H,14,16)(H,15,17). The predicted molar refractivity (Wildman–Crippen MR) is 66.0 cm³/mol. The minimum atomic E-state index is -0.189. The second-order valence-electron chi connectivity index (χ2n) is 5.02. The van der Waals surface area contributed by atoms with E-state index in [9.17, 15) is 9.59 Å². The summed E-state index contributed by atoms with van der Waals surface area (Å²) >= 11 is 0. The molecule has 1 aromatic heterocycles. The van der Waals surface area contributed by atoms with Crippen LogP contribution in [0.4, 0.5) is 0 Å². The summed E-state index contributed by atoms with van der Waals surface area (Å²) in [5.41, 5.74) is 0.229. The number of amides is 1. The van der Waals surface area contributed by atoms with Crippen LogP contribution < -0.4 is 10.9 Å². The largest absolute Gasteiger partial charge is 0.347 e. The number of nitrogens with one attached hydrogen (secondary N) is 2. The van der Waals surface area contributed by atoms with Crippen LogP contribution in [0.3, 0.4) is 0 Å². The Bertz CT molecular complexity index is 438. The molecule has 0 aliphatic heterocycles. The van der Waals surface area contributed by atoms with Gasteiger partial charge in [0, 0.05) is 17.8 Å². The third-order valence-corrected chi connectivity index (χ3v) is 3.42. The van der Waals surface area contributed by atoms with E-state index in [1.807, 2.05) is 0 Å². The van der Waals surface area contributed by atoms with Gasteiger partial charge in [0.25, 0.3) is 5.91 Å². The van der Waals surface area contributed by atoms with Crippen molar-refractivity contribution in [1.29, 1.82) is 0 Å². The summed E-state index contributed by atoms with van der Waals surface area (Å²) in [6.07, 6.45) is 7.11. The van der Waals surface area contributed by atoms with Gasteiger partial charge in [-0.3, -0.25) is 9.59 Å². The van der Waals surface area contributed by atoms with E-state index in [1.165, 1.54) is 31.5 Å². The molecule has 1 heterocycles. The van der Waals surface area contributed by atoms with Crippen molar-refractivity contribution < 1.29 is 4.79 Å². The SMILES string of the molecule is CC1(NC(=O)c2ccc(=O)[nH]c2)CCCCC1. The first-order valence-electron chi connectivity index (χ1n) is 6.10. The number of rotatable bonds is 2. The van der Waals surface area contributed by atoms with E-state index in [1.54, 1.807) is 6.07 Å². The van der Waals surface area contributed by atoms with Crippen molar-refractivity contribution >= 4 is 5.91 Å². The number of pyridine rings is 1. The molecule has 0 aromatic carbocycles. The summed E-state index contributed by atoms with van der Waals surface area (Å²) < 4.78 is 0. The van der Waals surface area contributed by atoms with Gasteiger partial charge in [-0.05, 0) is 25.8 Å². The van der Waals surface area contributed by atoms with Gasteiger partial charge in [-0.2, -0.15) is 0 Å². The minimum Gasteiger partial charge on any atom is -0.347 e. The molecule has 2 rings (SSSR count). The number of H-pyrrole nitrogens is 1. The summed E-state index contributed by atoms with van der Waals surface area (Å²) in [5.74, 6) is -0.106.